The first-order chi connectivity index (χ1) is 8.36. The lowest BCUT2D eigenvalue weighted by molar-refractivity contribution is 0.584. The first-order valence-corrected chi connectivity index (χ1v) is 4.29. The number of aryl methyl sites for hydroxylation is 1. The fourth-order valence-corrected chi connectivity index (χ4v) is 1.27. The van der Waals surface area contributed by atoms with Gasteiger partial charge < -0.3 is 0 Å². The second-order valence-electron chi connectivity index (χ2n) is 3.09. The van der Waals surface area contributed by atoms with Crippen LogP contribution in [0.1, 0.15) is 9.68 Å². The van der Waals surface area contributed by atoms with Crippen LogP contribution in [0.3, 0.4) is 0 Å². The van der Waals surface area contributed by atoms with Gasteiger partial charge in [-0.2, -0.15) is 0 Å². The fraction of sp³-hybridized carbons (Fsp3) is 0.0833. The van der Waals surface area contributed by atoms with Gasteiger partial charge in [-0.05, 0) is 30.6 Å². The van der Waals surface area contributed by atoms with Crippen molar-refractivity contribution in [1.29, 1.82) is 0 Å². The van der Waals surface area contributed by atoms with Crippen molar-refractivity contribution in [2.45, 2.75) is 6.85 Å². The quantitative estimate of drug-likeness (QED) is 0.700. The van der Waals surface area contributed by atoms with Crippen molar-refractivity contribution in [3.63, 3.8) is 0 Å². The van der Waals surface area contributed by atoms with Crippen molar-refractivity contribution < 1.29 is 12.9 Å². The number of benzene rings is 1. The molecule has 0 saturated carbocycles. The van der Waals surface area contributed by atoms with Gasteiger partial charge in [-0.15, -0.1) is 0 Å². The van der Waals surface area contributed by atoms with Crippen LogP contribution in [-0.2, 0) is 0 Å². The Bertz CT molecular complexity index is 544. The second kappa shape index (κ2) is 3.77. The summed E-state index contributed by atoms with van der Waals surface area (Å²) in [6.07, 6.45) is 1.19. The minimum Gasteiger partial charge on any atom is -0.256 e. The van der Waals surface area contributed by atoms with Crippen LogP contribution in [0.2, 0.25) is 0 Å². The highest BCUT2D eigenvalue weighted by atomic mass is 19.1. The van der Waals surface area contributed by atoms with E-state index >= 15 is 0 Å². The van der Waals surface area contributed by atoms with Gasteiger partial charge in [0.05, 0.1) is 5.69 Å². The van der Waals surface area contributed by atoms with E-state index < -0.39 is 18.5 Å². The van der Waals surface area contributed by atoms with Gasteiger partial charge >= 0.3 is 0 Å². The Balaban J connectivity index is 2.40. The van der Waals surface area contributed by atoms with Gasteiger partial charge in [0.25, 0.3) is 0 Å². The molecule has 0 aliphatic rings. The lowest BCUT2D eigenvalue weighted by Crippen LogP contribution is -1.87. The number of nitrogens with zero attached hydrogens (tertiary/aromatic N) is 1. The van der Waals surface area contributed by atoms with Crippen molar-refractivity contribution in [2.75, 3.05) is 0 Å². The maximum absolute atomic E-state index is 13.0. The standard InChI is InChI=1S/C12H9F2N/c1-8-2-3-12(15-7-8)9-4-10(13)6-11(14)5-9/h2-7H,1H3/i1D3. The Morgan fingerprint density at radius 2 is 1.87 bits per heavy atom. The highest BCUT2D eigenvalue weighted by molar-refractivity contribution is 5.59. The zero-order chi connectivity index (χ0) is 13.3. The van der Waals surface area contributed by atoms with Gasteiger partial charge in [0.15, 0.2) is 0 Å². The van der Waals surface area contributed by atoms with Crippen LogP contribution in [-0.4, -0.2) is 4.98 Å². The Labute approximate surface area is 90.6 Å². The molecule has 2 rings (SSSR count). The second-order valence-corrected chi connectivity index (χ2v) is 3.09. The number of halogens is 2. The molecule has 0 aliphatic heterocycles. The molecule has 1 aromatic carbocycles. The molecule has 0 radical (unpaired) electrons. The van der Waals surface area contributed by atoms with Crippen LogP contribution in [0.5, 0.6) is 0 Å². The Morgan fingerprint density at radius 3 is 2.40 bits per heavy atom. The van der Waals surface area contributed by atoms with Crippen LogP contribution < -0.4 is 0 Å². The van der Waals surface area contributed by atoms with Crippen LogP contribution in [0.4, 0.5) is 8.78 Å². The van der Waals surface area contributed by atoms with Crippen LogP contribution in [0, 0.1) is 18.5 Å². The molecule has 1 nitrogen and oxygen atoms in total. The molecule has 76 valence electrons. The molecule has 0 aliphatic carbocycles. The summed E-state index contributed by atoms with van der Waals surface area (Å²) in [5.41, 5.74) is 0.675. The normalized spacial score (nSPS) is 14.1. The largest absolute Gasteiger partial charge is 0.256 e. The van der Waals surface area contributed by atoms with Crippen LogP contribution >= 0.6 is 0 Å². The molecule has 2 aromatic rings. The van der Waals surface area contributed by atoms with Gasteiger partial charge in [0, 0.05) is 21.9 Å². The predicted molar refractivity (Wildman–Crippen MR) is 54.3 cm³/mol. The van der Waals surface area contributed by atoms with E-state index in [1.807, 2.05) is 0 Å². The van der Waals surface area contributed by atoms with E-state index in [2.05, 4.69) is 4.98 Å². The highest BCUT2D eigenvalue weighted by Crippen LogP contribution is 2.19. The van der Waals surface area contributed by atoms with Gasteiger partial charge in [-0.1, -0.05) is 6.07 Å². The molecule has 0 saturated heterocycles. The molecule has 0 bridgehead atoms. The summed E-state index contributed by atoms with van der Waals surface area (Å²) >= 11 is 0. The van der Waals surface area contributed by atoms with E-state index in [0.29, 0.717) is 5.69 Å². The van der Waals surface area contributed by atoms with E-state index in [9.17, 15) is 8.78 Å². The van der Waals surface area contributed by atoms with E-state index in [4.69, 9.17) is 4.11 Å². The van der Waals surface area contributed by atoms with E-state index in [0.717, 1.165) is 18.2 Å². The first kappa shape index (κ1) is 6.67. The van der Waals surface area contributed by atoms with Crippen molar-refractivity contribution in [2.24, 2.45) is 0 Å². The number of hydrogen-bond acceptors (Lipinski definition) is 1. The number of hydrogen-bond donors (Lipinski definition) is 0. The summed E-state index contributed by atoms with van der Waals surface area (Å²) in [6.45, 7) is -2.24. The maximum Gasteiger partial charge on any atom is 0.126 e. The van der Waals surface area contributed by atoms with Gasteiger partial charge in [0.2, 0.25) is 0 Å². The summed E-state index contributed by atoms with van der Waals surface area (Å²) in [7, 11) is 0. The van der Waals surface area contributed by atoms with Gasteiger partial charge in [-0.3, -0.25) is 4.98 Å². The summed E-state index contributed by atoms with van der Waals surface area (Å²) in [5, 5.41) is 0. The summed E-state index contributed by atoms with van der Waals surface area (Å²) in [5.74, 6) is -1.40. The van der Waals surface area contributed by atoms with Crippen molar-refractivity contribution in [3.05, 3.63) is 53.7 Å². The average molecular weight is 208 g/mol. The third-order valence-electron chi connectivity index (χ3n) is 1.92. The topological polar surface area (TPSA) is 12.9 Å². The van der Waals surface area contributed by atoms with Gasteiger partial charge in [-0.25, -0.2) is 8.78 Å². The minimum absolute atomic E-state index is 0.0862. The molecular weight excluding hydrogens is 196 g/mol. The minimum atomic E-state index is -2.24. The van der Waals surface area contributed by atoms with Crippen molar-refractivity contribution >= 4 is 0 Å². The molecule has 0 fully saturated rings. The Hall–Kier alpha value is -1.77. The number of pyridine rings is 1. The third kappa shape index (κ3) is 2.18. The molecule has 0 spiro atoms. The van der Waals surface area contributed by atoms with Crippen molar-refractivity contribution in [3.8, 4) is 11.3 Å². The van der Waals surface area contributed by atoms with Crippen LogP contribution in [0.25, 0.3) is 11.3 Å². The van der Waals surface area contributed by atoms with E-state index in [1.54, 1.807) is 0 Å². The van der Waals surface area contributed by atoms with Crippen LogP contribution in [0.15, 0.2) is 36.5 Å². The van der Waals surface area contributed by atoms with E-state index in [1.165, 1.54) is 18.3 Å². The van der Waals surface area contributed by atoms with E-state index in [-0.39, 0.29) is 11.1 Å². The van der Waals surface area contributed by atoms with Gasteiger partial charge in [0.1, 0.15) is 11.6 Å². The molecule has 0 amide bonds. The molecular formula is C12H9F2N. The maximum atomic E-state index is 13.0. The Morgan fingerprint density at radius 1 is 1.13 bits per heavy atom. The first-order valence-electron chi connectivity index (χ1n) is 5.79. The fourth-order valence-electron chi connectivity index (χ4n) is 1.27. The third-order valence-corrected chi connectivity index (χ3v) is 1.92. The summed E-state index contributed by atoms with van der Waals surface area (Å²) in [4.78, 5) is 3.90. The highest BCUT2D eigenvalue weighted by Gasteiger charge is 2.03. The molecule has 0 atom stereocenters. The molecule has 3 heteroatoms. The zero-order valence-corrected chi connectivity index (χ0v) is 7.67. The predicted octanol–water partition coefficient (Wildman–Crippen LogP) is 3.34. The number of aromatic nitrogens is 1. The molecule has 1 aromatic heterocycles. The van der Waals surface area contributed by atoms with Crippen molar-refractivity contribution in [1.82, 2.24) is 4.98 Å². The summed E-state index contributed by atoms with van der Waals surface area (Å²) < 4.78 is 47.6. The zero-order valence-electron chi connectivity index (χ0n) is 10.7. The molecule has 1 heterocycles. The lowest BCUT2D eigenvalue weighted by Gasteiger charge is -2.01. The lowest BCUT2D eigenvalue weighted by atomic mass is 10.1. The SMILES string of the molecule is [2H]C([2H])([2H])c1ccc(-c2cc(F)cc(F)c2)nc1. The molecule has 0 N–H and O–H groups in total. The average Bonchev–Trinajstić information content (AvgIpc) is 2.27. The summed E-state index contributed by atoms with van der Waals surface area (Å²) in [6, 6.07) is 5.84. The number of rotatable bonds is 1. The monoisotopic (exact) mass is 208 g/mol. The molecule has 15 heavy (non-hydrogen) atoms. The molecule has 0 unspecified atom stereocenters. The smallest absolute Gasteiger partial charge is 0.126 e. The Kier molecular flexibility index (Phi) is 1.67.